The van der Waals surface area contributed by atoms with Crippen molar-refractivity contribution in [1.82, 2.24) is 25.5 Å². The maximum atomic E-state index is 12.1. The number of rotatable bonds is 8. The van der Waals surface area contributed by atoms with Gasteiger partial charge in [-0.3, -0.25) is 4.79 Å². The Balaban J connectivity index is 1.53. The molecule has 1 N–H and O–H groups in total. The molecule has 0 atom stereocenters. The third-order valence-electron chi connectivity index (χ3n) is 3.70. The first-order valence-corrected chi connectivity index (χ1v) is 8.26. The number of carbonyl (C=O) groups is 1. The number of methoxy groups -OCH3 is 1. The fraction of sp³-hybridized carbons (Fsp3) is 0.222. The molecule has 1 amide bonds. The molecule has 0 fully saturated rings. The number of nitrogens with zero attached hydrogens (tertiary/aromatic N) is 4. The molecule has 0 bridgehead atoms. The molecule has 0 aliphatic heterocycles. The zero-order chi connectivity index (χ0) is 19.9. The second-order valence-corrected chi connectivity index (χ2v) is 5.67. The highest BCUT2D eigenvalue weighted by Crippen LogP contribution is 2.19. The van der Waals surface area contributed by atoms with Crippen LogP contribution in [0.4, 0.5) is 8.78 Å². The van der Waals surface area contributed by atoms with Crippen molar-refractivity contribution in [2.24, 2.45) is 0 Å². The van der Waals surface area contributed by atoms with Crippen LogP contribution in [0.25, 0.3) is 11.4 Å². The van der Waals surface area contributed by atoms with Crippen molar-refractivity contribution in [3.63, 3.8) is 0 Å². The highest BCUT2D eigenvalue weighted by atomic mass is 19.3. The number of hydrogen-bond donors (Lipinski definition) is 1. The van der Waals surface area contributed by atoms with Crippen LogP contribution in [0.5, 0.6) is 11.5 Å². The zero-order valence-corrected chi connectivity index (χ0v) is 14.9. The predicted octanol–water partition coefficient (Wildman–Crippen LogP) is 2.27. The van der Waals surface area contributed by atoms with Crippen LogP contribution in [0.2, 0.25) is 0 Å². The number of halogens is 2. The highest BCUT2D eigenvalue weighted by Gasteiger charge is 2.10. The van der Waals surface area contributed by atoms with Crippen LogP contribution >= 0.6 is 0 Å². The SMILES string of the molecule is COc1cccc(-c2nnn(CC(=O)NCc3ccc(OC(F)F)cc3)n2)c1. The van der Waals surface area contributed by atoms with E-state index in [-0.39, 0.29) is 24.7 Å². The van der Waals surface area contributed by atoms with Crippen molar-refractivity contribution in [1.29, 1.82) is 0 Å². The van der Waals surface area contributed by atoms with Crippen molar-refractivity contribution >= 4 is 5.91 Å². The molecule has 0 radical (unpaired) electrons. The zero-order valence-electron chi connectivity index (χ0n) is 14.9. The van der Waals surface area contributed by atoms with Crippen molar-refractivity contribution in [2.45, 2.75) is 19.7 Å². The summed E-state index contributed by atoms with van der Waals surface area (Å²) in [7, 11) is 1.56. The van der Waals surface area contributed by atoms with Crippen molar-refractivity contribution in [3.8, 4) is 22.9 Å². The van der Waals surface area contributed by atoms with Gasteiger partial charge in [-0.15, -0.1) is 10.2 Å². The topological polar surface area (TPSA) is 91.2 Å². The first kappa shape index (κ1) is 19.2. The highest BCUT2D eigenvalue weighted by molar-refractivity contribution is 5.75. The summed E-state index contributed by atoms with van der Waals surface area (Å²) in [4.78, 5) is 13.2. The Morgan fingerprint density at radius 3 is 2.68 bits per heavy atom. The van der Waals surface area contributed by atoms with Gasteiger partial charge in [-0.2, -0.15) is 13.6 Å². The maximum Gasteiger partial charge on any atom is 0.387 e. The van der Waals surface area contributed by atoms with Crippen molar-refractivity contribution in [3.05, 3.63) is 54.1 Å². The van der Waals surface area contributed by atoms with E-state index >= 15 is 0 Å². The van der Waals surface area contributed by atoms with Gasteiger partial charge in [0.2, 0.25) is 11.7 Å². The second kappa shape index (κ2) is 8.89. The summed E-state index contributed by atoms with van der Waals surface area (Å²) in [6, 6.07) is 13.2. The van der Waals surface area contributed by atoms with Crippen LogP contribution in [-0.4, -0.2) is 39.8 Å². The first-order chi connectivity index (χ1) is 13.5. The van der Waals surface area contributed by atoms with E-state index in [1.807, 2.05) is 6.07 Å². The molecule has 0 spiro atoms. The monoisotopic (exact) mass is 389 g/mol. The summed E-state index contributed by atoms with van der Waals surface area (Å²) >= 11 is 0. The molecule has 8 nitrogen and oxygen atoms in total. The lowest BCUT2D eigenvalue weighted by molar-refractivity contribution is -0.122. The van der Waals surface area contributed by atoms with Gasteiger partial charge in [-0.1, -0.05) is 24.3 Å². The van der Waals surface area contributed by atoms with Crippen LogP contribution in [-0.2, 0) is 17.9 Å². The van der Waals surface area contributed by atoms with Gasteiger partial charge in [0.05, 0.1) is 7.11 Å². The molecule has 0 saturated carbocycles. The lowest BCUT2D eigenvalue weighted by atomic mass is 10.2. The Bertz CT molecular complexity index is 931. The molecule has 3 rings (SSSR count). The minimum Gasteiger partial charge on any atom is -0.497 e. The average molecular weight is 389 g/mol. The number of amides is 1. The molecule has 0 unspecified atom stereocenters. The Morgan fingerprint density at radius 1 is 1.18 bits per heavy atom. The van der Waals surface area contributed by atoms with E-state index in [1.54, 1.807) is 37.4 Å². The molecule has 1 heterocycles. The van der Waals surface area contributed by atoms with E-state index in [2.05, 4.69) is 25.5 Å². The van der Waals surface area contributed by atoms with Gasteiger partial charge in [-0.25, -0.2) is 0 Å². The summed E-state index contributed by atoms with van der Waals surface area (Å²) in [5.74, 6) is 0.780. The van der Waals surface area contributed by atoms with Crippen LogP contribution in [0.15, 0.2) is 48.5 Å². The number of nitrogens with one attached hydrogen (secondary N) is 1. The summed E-state index contributed by atoms with van der Waals surface area (Å²) in [5, 5.41) is 14.7. The lowest BCUT2D eigenvalue weighted by Crippen LogP contribution is -2.28. The number of tetrazole rings is 1. The van der Waals surface area contributed by atoms with Crippen molar-refractivity contribution in [2.75, 3.05) is 7.11 Å². The Morgan fingerprint density at radius 2 is 1.96 bits per heavy atom. The largest absolute Gasteiger partial charge is 0.497 e. The number of carbonyl (C=O) groups excluding carboxylic acids is 1. The molecule has 28 heavy (non-hydrogen) atoms. The quantitative estimate of drug-likeness (QED) is 0.636. The van der Waals surface area contributed by atoms with E-state index in [4.69, 9.17) is 4.74 Å². The fourth-order valence-electron chi connectivity index (χ4n) is 2.36. The molecule has 0 aliphatic rings. The van der Waals surface area contributed by atoms with Crippen LogP contribution in [0.1, 0.15) is 5.56 Å². The van der Waals surface area contributed by atoms with Crippen LogP contribution in [0, 0.1) is 0 Å². The smallest absolute Gasteiger partial charge is 0.387 e. The normalized spacial score (nSPS) is 10.7. The Labute approximate surface area is 159 Å². The summed E-state index contributed by atoms with van der Waals surface area (Å²) in [6.45, 7) is -2.75. The molecule has 2 aromatic carbocycles. The van der Waals surface area contributed by atoms with E-state index in [1.165, 1.54) is 16.9 Å². The Hall–Kier alpha value is -3.56. The fourth-order valence-corrected chi connectivity index (χ4v) is 2.36. The number of hydrogen-bond acceptors (Lipinski definition) is 6. The molecule has 0 saturated heterocycles. The standard InChI is InChI=1S/C18H17F2N5O3/c1-27-15-4-2-3-13(9-15)17-22-24-25(23-17)11-16(26)21-10-12-5-7-14(8-6-12)28-18(19)20/h2-9,18H,10-11H2,1H3,(H,21,26). The Kier molecular flexibility index (Phi) is 6.10. The van der Waals surface area contributed by atoms with Gasteiger partial charge < -0.3 is 14.8 Å². The molecule has 1 aromatic heterocycles. The molecular formula is C18H17F2N5O3. The predicted molar refractivity (Wildman–Crippen MR) is 94.7 cm³/mol. The number of aromatic nitrogens is 4. The molecule has 3 aromatic rings. The van der Waals surface area contributed by atoms with Gasteiger partial charge in [-0.05, 0) is 35.0 Å². The third kappa shape index (κ3) is 5.22. The first-order valence-electron chi connectivity index (χ1n) is 8.26. The summed E-state index contributed by atoms with van der Waals surface area (Å²) in [5.41, 5.74) is 1.45. The molecule has 10 heteroatoms. The third-order valence-corrected chi connectivity index (χ3v) is 3.70. The van der Waals surface area contributed by atoms with Gasteiger partial charge in [0, 0.05) is 12.1 Å². The number of benzene rings is 2. The van der Waals surface area contributed by atoms with E-state index in [0.717, 1.165) is 11.1 Å². The molecular weight excluding hydrogens is 372 g/mol. The van der Waals surface area contributed by atoms with E-state index in [0.29, 0.717) is 11.6 Å². The van der Waals surface area contributed by atoms with Gasteiger partial charge in [0.25, 0.3) is 0 Å². The molecule has 146 valence electrons. The summed E-state index contributed by atoms with van der Waals surface area (Å²) < 4.78 is 33.7. The second-order valence-electron chi connectivity index (χ2n) is 5.67. The minimum atomic E-state index is -2.87. The minimum absolute atomic E-state index is 0.0574. The average Bonchev–Trinajstić information content (AvgIpc) is 3.15. The number of ether oxygens (including phenoxy) is 2. The maximum absolute atomic E-state index is 12.1. The lowest BCUT2D eigenvalue weighted by Gasteiger charge is -2.07. The van der Waals surface area contributed by atoms with E-state index in [9.17, 15) is 13.6 Å². The van der Waals surface area contributed by atoms with Crippen LogP contribution < -0.4 is 14.8 Å². The summed E-state index contributed by atoms with van der Waals surface area (Å²) in [6.07, 6.45) is 0. The molecule has 0 aliphatic carbocycles. The van der Waals surface area contributed by atoms with Crippen molar-refractivity contribution < 1.29 is 23.0 Å². The van der Waals surface area contributed by atoms with Gasteiger partial charge >= 0.3 is 6.61 Å². The van der Waals surface area contributed by atoms with Crippen LogP contribution in [0.3, 0.4) is 0 Å². The number of alkyl halides is 2. The van der Waals surface area contributed by atoms with E-state index < -0.39 is 6.61 Å². The van der Waals surface area contributed by atoms with Gasteiger partial charge in [0.1, 0.15) is 18.0 Å². The van der Waals surface area contributed by atoms with Gasteiger partial charge in [0.15, 0.2) is 0 Å².